The number of pyridine rings is 1. The number of benzene rings is 2. The molecule has 2 aromatic carbocycles. The number of nitrogens with zero attached hydrogens (tertiary/aromatic N) is 3. The van der Waals surface area contributed by atoms with E-state index in [1.165, 1.54) is 12.3 Å². The number of amides is 1. The summed E-state index contributed by atoms with van der Waals surface area (Å²) in [4.78, 5) is 32.0. The topological polar surface area (TPSA) is 117 Å². The quantitative estimate of drug-likeness (QED) is 0.418. The Bertz CT molecular complexity index is 1270. The number of nitrogens with one attached hydrogen (secondary N) is 1. The lowest BCUT2D eigenvalue weighted by Gasteiger charge is -2.18. The molecule has 8 nitrogen and oxygen atoms in total. The number of anilines is 1. The van der Waals surface area contributed by atoms with E-state index in [0.29, 0.717) is 11.2 Å². The van der Waals surface area contributed by atoms with Crippen LogP contribution in [-0.2, 0) is 4.79 Å². The number of hydrogen-bond acceptors (Lipinski definition) is 5. The molecule has 2 aromatic heterocycles. The van der Waals surface area contributed by atoms with Gasteiger partial charge in [-0.15, -0.1) is 0 Å². The molecule has 0 saturated heterocycles. The van der Waals surface area contributed by atoms with Crippen LogP contribution < -0.4 is 5.32 Å². The second-order valence-electron chi connectivity index (χ2n) is 6.86. The number of halogens is 1. The van der Waals surface area contributed by atoms with Crippen molar-refractivity contribution in [2.45, 2.75) is 12.5 Å². The number of fused-ring (bicyclic) bond motifs is 1. The molecule has 1 amide bonds. The fourth-order valence-electron chi connectivity index (χ4n) is 3.37. The van der Waals surface area contributed by atoms with Crippen LogP contribution in [0.15, 0.2) is 67.1 Å². The van der Waals surface area contributed by atoms with Gasteiger partial charge in [0.25, 0.3) is 5.91 Å². The molecule has 0 bridgehead atoms. The van der Waals surface area contributed by atoms with E-state index < -0.39 is 23.8 Å². The zero-order valence-electron chi connectivity index (χ0n) is 16.1. The van der Waals surface area contributed by atoms with Crippen molar-refractivity contribution in [1.82, 2.24) is 14.5 Å². The van der Waals surface area contributed by atoms with Gasteiger partial charge in [-0.25, -0.2) is 9.97 Å². The summed E-state index contributed by atoms with van der Waals surface area (Å²) in [5, 5.41) is 22.1. The summed E-state index contributed by atoms with van der Waals surface area (Å²) in [6, 6.07) is 15.3. The molecule has 4 aromatic rings. The maximum atomic E-state index is 12.5. The molecular weight excluding hydrogens is 420 g/mol. The lowest BCUT2D eigenvalue weighted by atomic mass is 10.0. The van der Waals surface area contributed by atoms with Gasteiger partial charge in [0, 0.05) is 11.9 Å². The van der Waals surface area contributed by atoms with Gasteiger partial charge < -0.3 is 20.1 Å². The van der Waals surface area contributed by atoms with E-state index >= 15 is 0 Å². The molecule has 1 unspecified atom stereocenters. The SMILES string of the molecule is O=C(O)CC(c1ccccc1)n1cnc2cc(NC(=O)c3cc(Cl)cnc3O)ccc21. The Morgan fingerprint density at radius 2 is 1.87 bits per heavy atom. The van der Waals surface area contributed by atoms with Gasteiger partial charge >= 0.3 is 5.97 Å². The van der Waals surface area contributed by atoms with Gasteiger partial charge in [0.1, 0.15) is 5.56 Å². The van der Waals surface area contributed by atoms with Crippen molar-refractivity contribution in [2.75, 3.05) is 5.32 Å². The summed E-state index contributed by atoms with van der Waals surface area (Å²) < 4.78 is 1.80. The maximum absolute atomic E-state index is 12.5. The van der Waals surface area contributed by atoms with E-state index in [4.69, 9.17) is 11.6 Å². The molecule has 0 saturated carbocycles. The molecule has 0 aliphatic heterocycles. The van der Waals surface area contributed by atoms with Gasteiger partial charge in [0.2, 0.25) is 5.88 Å². The van der Waals surface area contributed by atoms with Crippen LogP contribution in [0.25, 0.3) is 11.0 Å². The minimum atomic E-state index is -0.922. The molecule has 2 heterocycles. The summed E-state index contributed by atoms with van der Waals surface area (Å²) >= 11 is 5.85. The molecule has 31 heavy (non-hydrogen) atoms. The monoisotopic (exact) mass is 436 g/mol. The van der Waals surface area contributed by atoms with Crippen LogP contribution in [0.5, 0.6) is 5.88 Å². The minimum absolute atomic E-state index is 0.0521. The number of carbonyl (C=O) groups excluding carboxylic acids is 1. The first-order chi connectivity index (χ1) is 14.9. The highest BCUT2D eigenvalue weighted by Gasteiger charge is 2.20. The Morgan fingerprint density at radius 3 is 2.61 bits per heavy atom. The molecule has 0 spiro atoms. The Morgan fingerprint density at radius 1 is 1.10 bits per heavy atom. The lowest BCUT2D eigenvalue weighted by Crippen LogP contribution is -2.14. The second kappa shape index (κ2) is 8.45. The van der Waals surface area contributed by atoms with Crippen molar-refractivity contribution < 1.29 is 19.8 Å². The van der Waals surface area contributed by atoms with E-state index in [2.05, 4.69) is 15.3 Å². The third kappa shape index (κ3) is 4.34. The maximum Gasteiger partial charge on any atom is 0.305 e. The highest BCUT2D eigenvalue weighted by Crippen LogP contribution is 2.28. The zero-order valence-corrected chi connectivity index (χ0v) is 16.8. The molecule has 0 aliphatic rings. The van der Waals surface area contributed by atoms with Gasteiger partial charge in [0.15, 0.2) is 0 Å². The van der Waals surface area contributed by atoms with E-state index in [1.54, 1.807) is 29.1 Å². The number of carbonyl (C=O) groups is 2. The number of carboxylic acids is 1. The standard InChI is InChI=1S/C22H17ClN4O4/c23-14-8-16(21(30)24-11-14)22(31)26-15-6-7-18-17(9-15)25-12-27(18)19(10-20(28)29)13-4-2-1-3-5-13/h1-9,11-12,19H,10H2,(H,24,30)(H,26,31)(H,28,29). The highest BCUT2D eigenvalue weighted by molar-refractivity contribution is 6.31. The third-order valence-corrected chi connectivity index (χ3v) is 5.01. The Labute approximate surface area is 181 Å². The smallest absolute Gasteiger partial charge is 0.305 e. The molecule has 156 valence electrons. The molecule has 0 radical (unpaired) electrons. The molecule has 0 fully saturated rings. The second-order valence-corrected chi connectivity index (χ2v) is 7.29. The number of aromatic hydroxyl groups is 1. The predicted octanol–water partition coefficient (Wildman–Crippen LogP) is 4.11. The van der Waals surface area contributed by atoms with E-state index in [0.717, 1.165) is 11.1 Å². The fraction of sp³-hybridized carbons (Fsp3) is 0.0909. The van der Waals surface area contributed by atoms with Crippen LogP contribution in [-0.4, -0.2) is 36.6 Å². The number of rotatable bonds is 6. The van der Waals surface area contributed by atoms with Gasteiger partial charge in [0.05, 0.1) is 34.8 Å². The lowest BCUT2D eigenvalue weighted by molar-refractivity contribution is -0.137. The molecule has 3 N–H and O–H groups in total. The number of aromatic nitrogens is 3. The highest BCUT2D eigenvalue weighted by atomic mass is 35.5. The van der Waals surface area contributed by atoms with Crippen LogP contribution in [0.3, 0.4) is 0 Å². The predicted molar refractivity (Wildman–Crippen MR) is 115 cm³/mol. The first kappa shape index (κ1) is 20.4. The molecular formula is C22H17ClN4O4. The first-order valence-electron chi connectivity index (χ1n) is 9.31. The van der Waals surface area contributed by atoms with Crippen molar-refractivity contribution in [1.29, 1.82) is 0 Å². The summed E-state index contributed by atoms with van der Waals surface area (Å²) in [6.45, 7) is 0. The van der Waals surface area contributed by atoms with Crippen molar-refractivity contribution in [2.24, 2.45) is 0 Å². The molecule has 1 atom stereocenters. The largest absolute Gasteiger partial charge is 0.493 e. The van der Waals surface area contributed by atoms with Crippen molar-refractivity contribution in [3.63, 3.8) is 0 Å². The van der Waals surface area contributed by atoms with Gasteiger partial charge in [-0.05, 0) is 29.8 Å². The fourth-order valence-corrected chi connectivity index (χ4v) is 3.53. The molecule has 0 aliphatic carbocycles. The van der Waals surface area contributed by atoms with Gasteiger partial charge in [-0.2, -0.15) is 0 Å². The van der Waals surface area contributed by atoms with Crippen molar-refractivity contribution in [3.05, 3.63) is 83.3 Å². The van der Waals surface area contributed by atoms with Crippen molar-refractivity contribution >= 4 is 40.2 Å². The van der Waals surface area contributed by atoms with E-state index in [9.17, 15) is 19.8 Å². The van der Waals surface area contributed by atoms with E-state index in [-0.39, 0.29) is 17.0 Å². The first-order valence-corrected chi connectivity index (χ1v) is 9.69. The molecule has 4 rings (SSSR count). The average molecular weight is 437 g/mol. The number of carboxylic acid groups (broad SMARTS) is 1. The van der Waals surface area contributed by atoms with E-state index in [1.807, 2.05) is 30.3 Å². The van der Waals surface area contributed by atoms with Gasteiger partial charge in [-0.3, -0.25) is 9.59 Å². The van der Waals surface area contributed by atoms with Crippen LogP contribution >= 0.6 is 11.6 Å². The minimum Gasteiger partial charge on any atom is -0.493 e. The van der Waals surface area contributed by atoms with Crippen LogP contribution in [0.4, 0.5) is 5.69 Å². The number of imidazole rings is 1. The average Bonchev–Trinajstić information content (AvgIpc) is 3.17. The van der Waals surface area contributed by atoms with Crippen LogP contribution in [0.1, 0.15) is 28.4 Å². The third-order valence-electron chi connectivity index (χ3n) is 4.80. The summed E-state index contributed by atoms with van der Waals surface area (Å²) in [7, 11) is 0. The Kier molecular flexibility index (Phi) is 5.55. The zero-order chi connectivity index (χ0) is 22.0. The van der Waals surface area contributed by atoms with Crippen LogP contribution in [0.2, 0.25) is 5.02 Å². The summed E-state index contributed by atoms with van der Waals surface area (Å²) in [6.07, 6.45) is 2.73. The Balaban J connectivity index is 1.65. The van der Waals surface area contributed by atoms with Crippen LogP contribution in [0, 0.1) is 0 Å². The Hall–Kier alpha value is -3.91. The summed E-state index contributed by atoms with van der Waals surface area (Å²) in [5.41, 5.74) is 2.56. The van der Waals surface area contributed by atoms with Gasteiger partial charge in [-0.1, -0.05) is 41.9 Å². The molecule has 9 heteroatoms. The summed E-state index contributed by atoms with van der Waals surface area (Å²) in [5.74, 6) is -1.92. The van der Waals surface area contributed by atoms with Crippen molar-refractivity contribution in [3.8, 4) is 5.88 Å². The number of hydrogen-bond donors (Lipinski definition) is 3. The number of aliphatic carboxylic acids is 1. The normalized spacial score (nSPS) is 11.9.